The number of piperidine rings is 1. The van der Waals surface area contributed by atoms with Crippen molar-refractivity contribution in [1.82, 2.24) is 20.3 Å². The van der Waals surface area contributed by atoms with Gasteiger partial charge in [-0.15, -0.1) is 0 Å². The Hall–Kier alpha value is -1.55. The molecule has 1 fully saturated rings. The Morgan fingerprint density at radius 3 is 2.75 bits per heavy atom. The lowest BCUT2D eigenvalue weighted by Gasteiger charge is -2.21. The molecule has 1 saturated heterocycles. The first kappa shape index (κ1) is 9.66. The third-order valence-corrected chi connectivity index (χ3v) is 3.11. The molecule has 0 amide bonds. The lowest BCUT2D eigenvalue weighted by molar-refractivity contribution is 0.454. The number of hydrogen-bond acceptors (Lipinski definition) is 4. The SMILES string of the molecule is c1cnc2nc(C3CCNCC3)ccc2n1. The summed E-state index contributed by atoms with van der Waals surface area (Å²) in [6, 6.07) is 4.11. The molecule has 1 aliphatic rings. The standard InChI is InChI=1S/C12H14N4/c1-2-11-12(15-8-7-14-11)16-10(1)9-3-5-13-6-4-9/h1-2,7-9,13H,3-6H2. The molecule has 3 rings (SSSR count). The third kappa shape index (κ3) is 1.76. The van der Waals surface area contributed by atoms with Crippen LogP contribution >= 0.6 is 0 Å². The van der Waals surface area contributed by atoms with E-state index < -0.39 is 0 Å². The summed E-state index contributed by atoms with van der Waals surface area (Å²) in [5.41, 5.74) is 2.80. The van der Waals surface area contributed by atoms with Gasteiger partial charge in [0.2, 0.25) is 0 Å². The van der Waals surface area contributed by atoms with Gasteiger partial charge in [-0.05, 0) is 38.1 Å². The molecule has 4 nitrogen and oxygen atoms in total. The molecule has 2 aromatic heterocycles. The van der Waals surface area contributed by atoms with Crippen LogP contribution in [0.1, 0.15) is 24.5 Å². The van der Waals surface area contributed by atoms with Gasteiger partial charge in [-0.2, -0.15) is 0 Å². The molecule has 0 unspecified atom stereocenters. The van der Waals surface area contributed by atoms with Crippen LogP contribution in [-0.4, -0.2) is 28.0 Å². The molecule has 0 saturated carbocycles. The van der Waals surface area contributed by atoms with Gasteiger partial charge in [0.1, 0.15) is 5.52 Å². The summed E-state index contributed by atoms with van der Waals surface area (Å²) in [7, 11) is 0. The highest BCUT2D eigenvalue weighted by Gasteiger charge is 2.16. The number of nitrogens with one attached hydrogen (secondary N) is 1. The van der Waals surface area contributed by atoms with Crippen molar-refractivity contribution >= 4 is 11.2 Å². The predicted octanol–water partition coefficient (Wildman–Crippen LogP) is 1.49. The normalized spacial score (nSPS) is 17.8. The molecule has 0 aromatic carbocycles. The zero-order valence-electron chi connectivity index (χ0n) is 9.06. The van der Waals surface area contributed by atoms with Gasteiger partial charge >= 0.3 is 0 Å². The predicted molar refractivity (Wildman–Crippen MR) is 62.2 cm³/mol. The number of hydrogen-bond donors (Lipinski definition) is 1. The lowest BCUT2D eigenvalue weighted by atomic mass is 9.94. The molecule has 0 spiro atoms. The first-order chi connectivity index (χ1) is 7.93. The number of pyridine rings is 1. The third-order valence-electron chi connectivity index (χ3n) is 3.11. The molecule has 0 bridgehead atoms. The second-order valence-electron chi connectivity index (χ2n) is 4.16. The number of fused-ring (bicyclic) bond motifs is 1. The minimum Gasteiger partial charge on any atom is -0.317 e. The molecular weight excluding hydrogens is 200 g/mol. The number of rotatable bonds is 1. The Labute approximate surface area is 94.1 Å². The van der Waals surface area contributed by atoms with Crippen LogP contribution in [0.4, 0.5) is 0 Å². The van der Waals surface area contributed by atoms with Crippen molar-refractivity contribution in [3.63, 3.8) is 0 Å². The molecule has 2 aromatic rings. The van der Waals surface area contributed by atoms with Crippen molar-refractivity contribution in [3.8, 4) is 0 Å². The highest BCUT2D eigenvalue weighted by molar-refractivity contribution is 5.68. The fourth-order valence-corrected chi connectivity index (χ4v) is 2.21. The van der Waals surface area contributed by atoms with Gasteiger partial charge in [-0.1, -0.05) is 0 Å². The van der Waals surface area contributed by atoms with E-state index in [-0.39, 0.29) is 0 Å². The highest BCUT2D eigenvalue weighted by atomic mass is 14.9. The summed E-state index contributed by atoms with van der Waals surface area (Å²) in [5.74, 6) is 0.577. The Kier molecular flexibility index (Phi) is 2.50. The smallest absolute Gasteiger partial charge is 0.178 e. The monoisotopic (exact) mass is 214 g/mol. The summed E-state index contributed by atoms with van der Waals surface area (Å²) in [6.45, 7) is 2.18. The zero-order chi connectivity index (χ0) is 10.8. The summed E-state index contributed by atoms with van der Waals surface area (Å²) in [6.07, 6.45) is 5.73. The summed E-state index contributed by atoms with van der Waals surface area (Å²) >= 11 is 0. The van der Waals surface area contributed by atoms with Crippen LogP contribution in [0.25, 0.3) is 11.2 Å². The number of nitrogens with zero attached hydrogens (tertiary/aromatic N) is 3. The van der Waals surface area contributed by atoms with Crippen molar-refractivity contribution in [3.05, 3.63) is 30.2 Å². The topological polar surface area (TPSA) is 50.7 Å². The fourth-order valence-electron chi connectivity index (χ4n) is 2.21. The molecule has 1 N–H and O–H groups in total. The molecule has 16 heavy (non-hydrogen) atoms. The van der Waals surface area contributed by atoms with E-state index in [2.05, 4.69) is 26.3 Å². The van der Waals surface area contributed by atoms with E-state index in [1.165, 1.54) is 12.8 Å². The number of aromatic nitrogens is 3. The van der Waals surface area contributed by atoms with Crippen LogP contribution in [-0.2, 0) is 0 Å². The van der Waals surface area contributed by atoms with E-state index in [0.717, 1.165) is 29.9 Å². The van der Waals surface area contributed by atoms with Crippen LogP contribution in [0, 0.1) is 0 Å². The Bertz CT molecular complexity index is 491. The lowest BCUT2D eigenvalue weighted by Crippen LogP contribution is -2.27. The molecule has 0 aliphatic carbocycles. The van der Waals surface area contributed by atoms with Crippen molar-refractivity contribution in [2.75, 3.05) is 13.1 Å². The largest absolute Gasteiger partial charge is 0.317 e. The zero-order valence-corrected chi connectivity index (χ0v) is 9.06. The van der Waals surface area contributed by atoms with Crippen LogP contribution in [0.2, 0.25) is 0 Å². The molecule has 4 heteroatoms. The van der Waals surface area contributed by atoms with Crippen LogP contribution in [0.15, 0.2) is 24.5 Å². The van der Waals surface area contributed by atoms with Gasteiger partial charge in [0.15, 0.2) is 5.65 Å². The second-order valence-corrected chi connectivity index (χ2v) is 4.16. The molecule has 0 atom stereocenters. The highest BCUT2D eigenvalue weighted by Crippen LogP contribution is 2.24. The molecule has 1 aliphatic heterocycles. The maximum Gasteiger partial charge on any atom is 0.178 e. The Morgan fingerprint density at radius 2 is 1.88 bits per heavy atom. The molecule has 0 radical (unpaired) electrons. The fraction of sp³-hybridized carbons (Fsp3) is 0.417. The van der Waals surface area contributed by atoms with Crippen LogP contribution < -0.4 is 5.32 Å². The Balaban J connectivity index is 1.97. The molecular formula is C12H14N4. The quantitative estimate of drug-likeness (QED) is 0.781. The van der Waals surface area contributed by atoms with Crippen molar-refractivity contribution in [1.29, 1.82) is 0 Å². The maximum atomic E-state index is 4.60. The van der Waals surface area contributed by atoms with Crippen LogP contribution in [0.3, 0.4) is 0 Å². The first-order valence-corrected chi connectivity index (χ1v) is 5.72. The molecule has 82 valence electrons. The van der Waals surface area contributed by atoms with Gasteiger partial charge < -0.3 is 5.32 Å². The minimum atomic E-state index is 0.577. The van der Waals surface area contributed by atoms with E-state index in [1.54, 1.807) is 12.4 Å². The van der Waals surface area contributed by atoms with Gasteiger partial charge in [-0.25, -0.2) is 9.97 Å². The van der Waals surface area contributed by atoms with Crippen molar-refractivity contribution < 1.29 is 0 Å². The van der Waals surface area contributed by atoms with E-state index in [1.807, 2.05) is 6.07 Å². The van der Waals surface area contributed by atoms with Gasteiger partial charge in [0.25, 0.3) is 0 Å². The average Bonchev–Trinajstić information content (AvgIpc) is 2.39. The van der Waals surface area contributed by atoms with E-state index in [4.69, 9.17) is 0 Å². The Morgan fingerprint density at radius 1 is 1.06 bits per heavy atom. The van der Waals surface area contributed by atoms with E-state index in [9.17, 15) is 0 Å². The van der Waals surface area contributed by atoms with Gasteiger partial charge in [0, 0.05) is 24.0 Å². The second kappa shape index (κ2) is 4.14. The van der Waals surface area contributed by atoms with E-state index in [0.29, 0.717) is 5.92 Å². The maximum absolute atomic E-state index is 4.60. The van der Waals surface area contributed by atoms with E-state index >= 15 is 0 Å². The first-order valence-electron chi connectivity index (χ1n) is 5.72. The van der Waals surface area contributed by atoms with Gasteiger partial charge in [0.05, 0.1) is 0 Å². The average molecular weight is 214 g/mol. The minimum absolute atomic E-state index is 0.577. The summed E-state index contributed by atoms with van der Waals surface area (Å²) in [5, 5.41) is 3.37. The van der Waals surface area contributed by atoms with Crippen molar-refractivity contribution in [2.24, 2.45) is 0 Å². The van der Waals surface area contributed by atoms with Crippen LogP contribution in [0.5, 0.6) is 0 Å². The molecule has 3 heterocycles. The summed E-state index contributed by atoms with van der Waals surface area (Å²) in [4.78, 5) is 13.1. The summed E-state index contributed by atoms with van der Waals surface area (Å²) < 4.78 is 0. The van der Waals surface area contributed by atoms with Gasteiger partial charge in [-0.3, -0.25) is 4.98 Å². The van der Waals surface area contributed by atoms with Crippen molar-refractivity contribution in [2.45, 2.75) is 18.8 Å².